The molecule has 1 heterocycles. The van der Waals surface area contributed by atoms with Crippen molar-refractivity contribution in [1.82, 2.24) is 10.3 Å². The van der Waals surface area contributed by atoms with E-state index in [2.05, 4.69) is 34.3 Å². The van der Waals surface area contributed by atoms with Gasteiger partial charge in [-0.1, -0.05) is 54.6 Å². The predicted octanol–water partition coefficient (Wildman–Crippen LogP) is 4.59. The first-order valence-corrected chi connectivity index (χ1v) is 11.2. The van der Waals surface area contributed by atoms with Gasteiger partial charge in [0.2, 0.25) is 0 Å². The summed E-state index contributed by atoms with van der Waals surface area (Å²) in [5, 5.41) is 14.3. The number of benzene rings is 2. The Balaban J connectivity index is 1.34. The van der Waals surface area contributed by atoms with Crippen LogP contribution in [0.2, 0.25) is 0 Å². The zero-order valence-electron chi connectivity index (χ0n) is 18.9. The van der Waals surface area contributed by atoms with E-state index in [1.807, 2.05) is 36.4 Å². The van der Waals surface area contributed by atoms with Gasteiger partial charge < -0.3 is 15.2 Å². The van der Waals surface area contributed by atoms with Crippen LogP contribution in [0.3, 0.4) is 0 Å². The number of pyridine rings is 1. The fraction of sp³-hybridized carbons (Fsp3) is 0.185. The Labute approximate surface area is 202 Å². The van der Waals surface area contributed by atoms with Crippen molar-refractivity contribution in [3.05, 3.63) is 96.3 Å². The van der Waals surface area contributed by atoms with Crippen molar-refractivity contribution in [2.24, 2.45) is 0 Å². The fourth-order valence-electron chi connectivity index (χ4n) is 4.13. The normalized spacial score (nSPS) is 12.7. The highest BCUT2D eigenvalue weighted by Gasteiger charge is 2.29. The highest BCUT2D eigenvalue weighted by Crippen LogP contribution is 2.44. The first kappa shape index (κ1) is 23.7. The van der Waals surface area contributed by atoms with Crippen molar-refractivity contribution in [3.63, 3.8) is 0 Å². The number of rotatable bonds is 9. The maximum atomic E-state index is 12.4. The Bertz CT molecular complexity index is 1210. The second kappa shape index (κ2) is 10.6. The lowest BCUT2D eigenvalue weighted by Gasteiger charge is -2.15. The van der Waals surface area contributed by atoms with Crippen LogP contribution in [-0.2, 0) is 9.53 Å². The van der Waals surface area contributed by atoms with Crippen molar-refractivity contribution < 1.29 is 24.2 Å². The molecule has 0 spiro atoms. The minimum Gasteiger partial charge on any atom is -0.480 e. The zero-order valence-corrected chi connectivity index (χ0v) is 18.9. The SMILES string of the molecule is C=CCCC(NC(=O)c1ccc(NC(=O)OCC2c3ccccc3-c3ccccc32)cn1)C(=O)O. The number of amides is 2. The van der Waals surface area contributed by atoms with Crippen LogP contribution in [0.4, 0.5) is 10.5 Å². The summed E-state index contributed by atoms with van der Waals surface area (Å²) in [6, 6.07) is 18.0. The topological polar surface area (TPSA) is 118 Å². The minimum atomic E-state index is -1.13. The summed E-state index contributed by atoms with van der Waals surface area (Å²) in [4.78, 5) is 40.1. The summed E-state index contributed by atoms with van der Waals surface area (Å²) in [7, 11) is 0. The molecule has 0 radical (unpaired) electrons. The van der Waals surface area contributed by atoms with Crippen LogP contribution < -0.4 is 10.6 Å². The van der Waals surface area contributed by atoms with Gasteiger partial charge in [0, 0.05) is 5.92 Å². The largest absolute Gasteiger partial charge is 0.480 e. The molecule has 1 aliphatic carbocycles. The summed E-state index contributed by atoms with van der Waals surface area (Å²) in [6.45, 7) is 3.73. The molecule has 0 aliphatic heterocycles. The van der Waals surface area contributed by atoms with Crippen LogP contribution >= 0.6 is 0 Å². The number of aliphatic carboxylic acids is 1. The minimum absolute atomic E-state index is 0.0351. The molecule has 8 heteroatoms. The van der Waals surface area contributed by atoms with Crippen molar-refractivity contribution in [3.8, 4) is 11.1 Å². The van der Waals surface area contributed by atoms with Crippen LogP contribution in [0.15, 0.2) is 79.5 Å². The van der Waals surface area contributed by atoms with Gasteiger partial charge in [-0.2, -0.15) is 0 Å². The van der Waals surface area contributed by atoms with E-state index >= 15 is 0 Å². The molecule has 4 rings (SSSR count). The molecule has 0 bridgehead atoms. The monoisotopic (exact) mass is 471 g/mol. The number of carbonyl (C=O) groups is 3. The standard InChI is InChI=1S/C27H25N3O5/c1-2-3-12-24(26(32)33)30-25(31)23-14-13-17(15-28-23)29-27(34)35-16-22-20-10-6-4-8-18(20)19-9-5-7-11-21(19)22/h2,4-11,13-15,22,24H,1,3,12,16H2,(H,29,34)(H,30,31)(H,32,33). The maximum Gasteiger partial charge on any atom is 0.411 e. The molecule has 1 atom stereocenters. The van der Waals surface area contributed by atoms with Gasteiger partial charge >= 0.3 is 12.1 Å². The number of carbonyl (C=O) groups excluding carboxylic acids is 2. The number of hydrogen-bond acceptors (Lipinski definition) is 5. The average molecular weight is 472 g/mol. The third-order valence-corrected chi connectivity index (χ3v) is 5.85. The van der Waals surface area contributed by atoms with Gasteiger partial charge in [0.25, 0.3) is 5.91 Å². The van der Waals surface area contributed by atoms with E-state index in [1.54, 1.807) is 6.08 Å². The second-order valence-corrected chi connectivity index (χ2v) is 8.11. The molecular formula is C27H25N3O5. The maximum absolute atomic E-state index is 12.4. The summed E-state index contributed by atoms with van der Waals surface area (Å²) in [5.41, 5.74) is 4.90. The Morgan fingerprint density at radius 2 is 1.69 bits per heavy atom. The van der Waals surface area contributed by atoms with Crippen molar-refractivity contribution >= 4 is 23.7 Å². The van der Waals surface area contributed by atoms with Crippen LogP contribution in [0.5, 0.6) is 0 Å². The van der Waals surface area contributed by atoms with Gasteiger partial charge in [-0.25, -0.2) is 14.6 Å². The average Bonchev–Trinajstić information content (AvgIpc) is 3.19. The molecule has 2 aromatic carbocycles. The number of nitrogens with zero attached hydrogens (tertiary/aromatic N) is 1. The Kier molecular flexibility index (Phi) is 7.21. The molecule has 2 amide bonds. The van der Waals surface area contributed by atoms with E-state index in [0.717, 1.165) is 22.3 Å². The number of allylic oxidation sites excluding steroid dienone is 1. The number of fused-ring (bicyclic) bond motifs is 3. The molecule has 0 saturated carbocycles. The first-order chi connectivity index (χ1) is 17.0. The number of carboxylic acids is 1. The van der Waals surface area contributed by atoms with Gasteiger partial charge in [-0.05, 0) is 47.2 Å². The zero-order chi connectivity index (χ0) is 24.8. The predicted molar refractivity (Wildman–Crippen MR) is 131 cm³/mol. The highest BCUT2D eigenvalue weighted by molar-refractivity contribution is 5.95. The van der Waals surface area contributed by atoms with Gasteiger partial charge in [0.1, 0.15) is 18.3 Å². The molecule has 0 saturated heterocycles. The third-order valence-electron chi connectivity index (χ3n) is 5.85. The van der Waals surface area contributed by atoms with E-state index < -0.39 is 24.0 Å². The number of nitrogens with one attached hydrogen (secondary N) is 2. The molecule has 0 fully saturated rings. The quantitative estimate of drug-likeness (QED) is 0.393. The lowest BCUT2D eigenvalue weighted by Crippen LogP contribution is -2.41. The fourth-order valence-corrected chi connectivity index (χ4v) is 4.13. The number of ether oxygens (including phenoxy) is 1. The summed E-state index contributed by atoms with van der Waals surface area (Å²) in [6.07, 6.45) is 2.95. The Morgan fingerprint density at radius 3 is 2.26 bits per heavy atom. The molecule has 1 aliphatic rings. The van der Waals surface area contributed by atoms with Gasteiger partial charge in [-0.3, -0.25) is 10.1 Å². The summed E-state index contributed by atoms with van der Waals surface area (Å²) < 4.78 is 5.51. The van der Waals surface area contributed by atoms with Crippen LogP contribution in [0, 0.1) is 0 Å². The smallest absolute Gasteiger partial charge is 0.411 e. The lowest BCUT2D eigenvalue weighted by molar-refractivity contribution is -0.139. The van der Waals surface area contributed by atoms with Crippen molar-refractivity contribution in [1.29, 1.82) is 0 Å². The van der Waals surface area contributed by atoms with Crippen molar-refractivity contribution in [2.75, 3.05) is 11.9 Å². The molecule has 178 valence electrons. The van der Waals surface area contributed by atoms with E-state index in [0.29, 0.717) is 12.1 Å². The molecular weight excluding hydrogens is 446 g/mol. The second-order valence-electron chi connectivity index (χ2n) is 8.11. The first-order valence-electron chi connectivity index (χ1n) is 11.2. The molecule has 8 nitrogen and oxygen atoms in total. The number of aromatic nitrogens is 1. The molecule has 35 heavy (non-hydrogen) atoms. The number of carboxylic acid groups (broad SMARTS) is 1. The molecule has 3 N–H and O–H groups in total. The van der Waals surface area contributed by atoms with Crippen LogP contribution in [0.25, 0.3) is 11.1 Å². The summed E-state index contributed by atoms with van der Waals surface area (Å²) >= 11 is 0. The van der Waals surface area contributed by atoms with Crippen LogP contribution in [0.1, 0.15) is 40.4 Å². The molecule has 1 unspecified atom stereocenters. The van der Waals surface area contributed by atoms with E-state index in [4.69, 9.17) is 4.74 Å². The molecule has 3 aromatic rings. The van der Waals surface area contributed by atoms with Crippen LogP contribution in [-0.4, -0.2) is 40.7 Å². The number of hydrogen-bond donors (Lipinski definition) is 3. The van der Waals surface area contributed by atoms with Crippen molar-refractivity contribution in [2.45, 2.75) is 24.8 Å². The van der Waals surface area contributed by atoms with E-state index in [-0.39, 0.29) is 24.6 Å². The summed E-state index contributed by atoms with van der Waals surface area (Å²) in [5.74, 6) is -1.80. The van der Waals surface area contributed by atoms with Gasteiger partial charge in [0.15, 0.2) is 0 Å². The Hall–Kier alpha value is -4.46. The van der Waals surface area contributed by atoms with E-state index in [1.165, 1.54) is 18.3 Å². The third kappa shape index (κ3) is 5.38. The van der Waals surface area contributed by atoms with Gasteiger partial charge in [0.05, 0.1) is 11.9 Å². The van der Waals surface area contributed by atoms with Gasteiger partial charge in [-0.15, -0.1) is 6.58 Å². The number of anilines is 1. The Morgan fingerprint density at radius 1 is 1.03 bits per heavy atom. The lowest BCUT2D eigenvalue weighted by atomic mass is 9.98. The molecule has 1 aromatic heterocycles. The van der Waals surface area contributed by atoms with E-state index in [9.17, 15) is 19.5 Å². The highest BCUT2D eigenvalue weighted by atomic mass is 16.5.